The highest BCUT2D eigenvalue weighted by Crippen LogP contribution is 2.26. The number of benzene rings is 2. The Balaban J connectivity index is 1.67. The highest BCUT2D eigenvalue weighted by molar-refractivity contribution is 7.10. The van der Waals surface area contributed by atoms with E-state index in [1.807, 2.05) is 31.4 Å². The van der Waals surface area contributed by atoms with E-state index in [0.29, 0.717) is 23.7 Å². The van der Waals surface area contributed by atoms with Gasteiger partial charge in [-0.25, -0.2) is 4.39 Å². The number of thiophene rings is 1. The summed E-state index contributed by atoms with van der Waals surface area (Å²) in [6, 6.07) is 16.8. The maximum absolute atomic E-state index is 13.3. The van der Waals surface area contributed by atoms with E-state index in [9.17, 15) is 14.0 Å². The molecule has 0 fully saturated rings. The number of amides is 2. The topological polar surface area (TPSA) is 70.2 Å². The minimum Gasteiger partial charge on any atom is -0.352 e. The second-order valence-electron chi connectivity index (χ2n) is 7.58. The monoisotopic (exact) mass is 439 g/mol. The molecule has 1 heterocycles. The minimum absolute atomic E-state index is 0.0297. The zero-order valence-electron chi connectivity index (χ0n) is 17.5. The molecule has 162 valence electrons. The normalized spacial score (nSPS) is 11.9. The van der Waals surface area contributed by atoms with Gasteiger partial charge in [-0.2, -0.15) is 0 Å². The van der Waals surface area contributed by atoms with Gasteiger partial charge in [-0.1, -0.05) is 44.2 Å². The van der Waals surface area contributed by atoms with E-state index in [1.165, 1.54) is 12.1 Å². The van der Waals surface area contributed by atoms with Crippen LogP contribution in [0.1, 0.15) is 40.7 Å². The molecule has 31 heavy (non-hydrogen) atoms. The number of anilines is 1. The molecule has 0 aliphatic heterocycles. The summed E-state index contributed by atoms with van der Waals surface area (Å²) >= 11 is 1.56. The van der Waals surface area contributed by atoms with Crippen molar-refractivity contribution < 1.29 is 14.0 Å². The fourth-order valence-corrected chi connectivity index (χ4v) is 3.89. The van der Waals surface area contributed by atoms with Crippen LogP contribution in [0.5, 0.6) is 0 Å². The highest BCUT2D eigenvalue weighted by Gasteiger charge is 2.18. The molecule has 3 N–H and O–H groups in total. The Hall–Kier alpha value is -3.03. The van der Waals surface area contributed by atoms with Crippen LogP contribution in [0.3, 0.4) is 0 Å². The van der Waals surface area contributed by atoms with Crippen LogP contribution in [-0.4, -0.2) is 24.9 Å². The quantitative estimate of drug-likeness (QED) is 0.457. The molecule has 0 bridgehead atoms. The highest BCUT2D eigenvalue weighted by atomic mass is 32.1. The second-order valence-corrected chi connectivity index (χ2v) is 8.56. The third-order valence-electron chi connectivity index (χ3n) is 4.61. The van der Waals surface area contributed by atoms with Crippen molar-refractivity contribution in [2.45, 2.75) is 19.9 Å². The Morgan fingerprint density at radius 3 is 2.42 bits per heavy atom. The van der Waals surface area contributed by atoms with E-state index in [-0.39, 0.29) is 30.2 Å². The van der Waals surface area contributed by atoms with E-state index in [2.05, 4.69) is 16.0 Å². The van der Waals surface area contributed by atoms with Crippen molar-refractivity contribution in [3.8, 4) is 0 Å². The van der Waals surface area contributed by atoms with Crippen LogP contribution < -0.4 is 16.0 Å². The van der Waals surface area contributed by atoms with Crippen LogP contribution in [0, 0.1) is 11.7 Å². The predicted molar refractivity (Wildman–Crippen MR) is 123 cm³/mol. The Morgan fingerprint density at radius 2 is 1.74 bits per heavy atom. The molecule has 3 rings (SSSR count). The zero-order chi connectivity index (χ0) is 22.2. The Labute approximate surface area is 185 Å². The number of hydrogen-bond donors (Lipinski definition) is 3. The first-order valence-corrected chi connectivity index (χ1v) is 11.0. The zero-order valence-corrected chi connectivity index (χ0v) is 18.3. The lowest BCUT2D eigenvalue weighted by molar-refractivity contribution is -0.115. The third kappa shape index (κ3) is 6.47. The van der Waals surface area contributed by atoms with E-state index in [4.69, 9.17) is 0 Å². The maximum Gasteiger partial charge on any atom is 0.253 e. The number of carbonyl (C=O) groups excluding carboxylic acids is 2. The molecule has 0 saturated heterocycles. The first kappa shape index (κ1) is 22.7. The molecular weight excluding hydrogens is 413 g/mol. The lowest BCUT2D eigenvalue weighted by Crippen LogP contribution is -2.33. The van der Waals surface area contributed by atoms with E-state index in [0.717, 1.165) is 10.4 Å². The molecule has 0 radical (unpaired) electrons. The van der Waals surface area contributed by atoms with Gasteiger partial charge in [0.25, 0.3) is 5.91 Å². The van der Waals surface area contributed by atoms with Crippen molar-refractivity contribution in [1.82, 2.24) is 10.6 Å². The standard InChI is InChI=1S/C24H26FN3O2S/c1-16(2)14-27-24(30)19-6-3-4-7-20(19)28-22(29)15-26-23(21-8-5-13-31-21)17-9-11-18(25)12-10-17/h3-13,16,23,26H,14-15H2,1-2H3,(H,27,30)(H,28,29). The molecule has 1 unspecified atom stereocenters. The van der Waals surface area contributed by atoms with Gasteiger partial charge in [-0.3, -0.25) is 14.9 Å². The Morgan fingerprint density at radius 1 is 1.00 bits per heavy atom. The third-order valence-corrected chi connectivity index (χ3v) is 5.55. The van der Waals surface area contributed by atoms with Crippen molar-refractivity contribution >= 4 is 28.8 Å². The van der Waals surface area contributed by atoms with Crippen LogP contribution in [-0.2, 0) is 4.79 Å². The van der Waals surface area contributed by atoms with E-state index < -0.39 is 0 Å². The van der Waals surface area contributed by atoms with Gasteiger partial charge >= 0.3 is 0 Å². The molecule has 5 nitrogen and oxygen atoms in total. The lowest BCUT2D eigenvalue weighted by Gasteiger charge is -2.18. The van der Waals surface area contributed by atoms with Gasteiger partial charge in [0.15, 0.2) is 0 Å². The molecule has 1 aromatic heterocycles. The molecule has 0 aliphatic carbocycles. The van der Waals surface area contributed by atoms with Crippen LogP contribution in [0.15, 0.2) is 66.0 Å². The molecule has 2 aromatic carbocycles. The molecule has 3 aromatic rings. The van der Waals surface area contributed by atoms with E-state index in [1.54, 1.807) is 47.7 Å². The fourth-order valence-electron chi connectivity index (χ4n) is 3.06. The van der Waals surface area contributed by atoms with Gasteiger partial charge in [0.2, 0.25) is 5.91 Å². The Bertz CT molecular complexity index is 1000. The van der Waals surface area contributed by atoms with Gasteiger partial charge in [0, 0.05) is 11.4 Å². The van der Waals surface area contributed by atoms with Crippen molar-refractivity contribution in [3.63, 3.8) is 0 Å². The summed E-state index contributed by atoms with van der Waals surface area (Å²) in [4.78, 5) is 26.2. The van der Waals surface area contributed by atoms with Crippen LogP contribution in [0.4, 0.5) is 10.1 Å². The number of para-hydroxylation sites is 1. The first-order chi connectivity index (χ1) is 14.9. The van der Waals surface area contributed by atoms with Crippen molar-refractivity contribution in [2.24, 2.45) is 5.92 Å². The first-order valence-electron chi connectivity index (χ1n) is 10.1. The average molecular weight is 440 g/mol. The smallest absolute Gasteiger partial charge is 0.253 e. The van der Waals surface area contributed by atoms with Gasteiger partial charge in [0.05, 0.1) is 23.8 Å². The van der Waals surface area contributed by atoms with Crippen molar-refractivity contribution in [1.29, 1.82) is 0 Å². The summed E-state index contributed by atoms with van der Waals surface area (Å²) in [5.74, 6) is -0.470. The van der Waals surface area contributed by atoms with Gasteiger partial charge in [0.1, 0.15) is 5.82 Å². The summed E-state index contributed by atoms with van der Waals surface area (Å²) in [6.07, 6.45) is 0. The summed E-state index contributed by atoms with van der Waals surface area (Å²) in [5, 5.41) is 10.9. The lowest BCUT2D eigenvalue weighted by atomic mass is 10.1. The minimum atomic E-state index is -0.307. The largest absolute Gasteiger partial charge is 0.352 e. The molecular formula is C24H26FN3O2S. The van der Waals surface area contributed by atoms with E-state index >= 15 is 0 Å². The SMILES string of the molecule is CC(C)CNC(=O)c1ccccc1NC(=O)CNC(c1ccc(F)cc1)c1cccs1. The van der Waals surface area contributed by atoms with Crippen LogP contribution >= 0.6 is 11.3 Å². The number of rotatable bonds is 9. The number of halogens is 1. The number of carbonyl (C=O) groups is 2. The van der Waals surface area contributed by atoms with Crippen molar-refractivity contribution in [3.05, 3.63) is 87.9 Å². The summed E-state index contributed by atoms with van der Waals surface area (Å²) < 4.78 is 13.3. The molecule has 0 saturated carbocycles. The van der Waals surface area contributed by atoms with Gasteiger partial charge in [-0.05, 0) is 47.2 Å². The van der Waals surface area contributed by atoms with Crippen LogP contribution in [0.2, 0.25) is 0 Å². The number of hydrogen-bond acceptors (Lipinski definition) is 4. The summed E-state index contributed by atoms with van der Waals surface area (Å²) in [5.41, 5.74) is 1.75. The fraction of sp³-hybridized carbons (Fsp3) is 0.250. The predicted octanol–water partition coefficient (Wildman–Crippen LogP) is 4.59. The summed E-state index contributed by atoms with van der Waals surface area (Å²) in [6.45, 7) is 4.63. The molecule has 1 atom stereocenters. The van der Waals surface area contributed by atoms with Crippen molar-refractivity contribution in [2.75, 3.05) is 18.4 Å². The van der Waals surface area contributed by atoms with Gasteiger partial charge in [-0.15, -0.1) is 11.3 Å². The van der Waals surface area contributed by atoms with Crippen LogP contribution in [0.25, 0.3) is 0 Å². The number of nitrogens with one attached hydrogen (secondary N) is 3. The summed E-state index contributed by atoms with van der Waals surface area (Å²) in [7, 11) is 0. The molecule has 2 amide bonds. The Kier molecular flexibility index (Phi) is 7.92. The maximum atomic E-state index is 13.3. The molecule has 7 heteroatoms. The average Bonchev–Trinajstić information content (AvgIpc) is 3.28. The molecule has 0 spiro atoms. The second kappa shape index (κ2) is 10.8. The van der Waals surface area contributed by atoms with Gasteiger partial charge < -0.3 is 10.6 Å². The molecule has 0 aliphatic rings.